The van der Waals surface area contributed by atoms with Crippen molar-refractivity contribution in [3.63, 3.8) is 0 Å². The lowest BCUT2D eigenvalue weighted by atomic mass is 9.75. The summed E-state index contributed by atoms with van der Waals surface area (Å²) in [4.78, 5) is 43.7. The SMILES string of the molecule is CCN(C[C@H]1CCCO1)C(=O)C[C@]1(c2ccccc2)CC(=O)N(Cc2ccc3c(c2)OCO3)C1=O. The molecule has 0 bridgehead atoms. The Morgan fingerprint density at radius 1 is 1.11 bits per heavy atom. The number of imide groups is 1. The standard InChI is InChI=1S/C27H30N2O6/c1-2-28(17-21-9-6-12-33-21)24(30)14-27(20-7-4-3-5-8-20)15-25(31)29(26(27)32)16-19-10-11-22-23(13-19)35-18-34-22/h3-5,7-8,10-11,13,21H,2,6,9,12,14-18H2,1H3/t21-,27-/m1/s1. The van der Waals surface area contributed by atoms with Crippen LogP contribution < -0.4 is 9.47 Å². The summed E-state index contributed by atoms with van der Waals surface area (Å²) in [5.41, 5.74) is 0.225. The molecule has 35 heavy (non-hydrogen) atoms. The number of likely N-dealkylation sites (tertiary alicyclic amines) is 1. The third-order valence-corrected chi connectivity index (χ3v) is 7.15. The summed E-state index contributed by atoms with van der Waals surface area (Å²) >= 11 is 0. The number of amides is 3. The number of likely N-dealkylation sites (N-methyl/N-ethyl adjacent to an activating group) is 1. The van der Waals surface area contributed by atoms with E-state index in [1.54, 1.807) is 17.0 Å². The van der Waals surface area contributed by atoms with Gasteiger partial charge < -0.3 is 19.1 Å². The summed E-state index contributed by atoms with van der Waals surface area (Å²) < 4.78 is 16.5. The Morgan fingerprint density at radius 3 is 2.66 bits per heavy atom. The number of hydrogen-bond donors (Lipinski definition) is 0. The molecule has 2 saturated heterocycles. The van der Waals surface area contributed by atoms with Crippen LogP contribution in [0.5, 0.6) is 11.5 Å². The number of benzene rings is 2. The molecule has 0 unspecified atom stereocenters. The first-order chi connectivity index (χ1) is 17.0. The van der Waals surface area contributed by atoms with E-state index in [2.05, 4.69) is 0 Å². The lowest BCUT2D eigenvalue weighted by Gasteiger charge is -2.31. The van der Waals surface area contributed by atoms with E-state index in [-0.39, 0.29) is 50.0 Å². The van der Waals surface area contributed by atoms with Crippen LogP contribution in [0.2, 0.25) is 0 Å². The predicted octanol–water partition coefficient (Wildman–Crippen LogP) is 3.03. The molecule has 8 heteroatoms. The molecule has 0 aliphatic carbocycles. The van der Waals surface area contributed by atoms with Gasteiger partial charge in [0, 0.05) is 32.5 Å². The highest BCUT2D eigenvalue weighted by Crippen LogP contribution is 2.41. The van der Waals surface area contributed by atoms with E-state index in [9.17, 15) is 14.4 Å². The van der Waals surface area contributed by atoms with Crippen molar-refractivity contribution < 1.29 is 28.6 Å². The Labute approximate surface area is 204 Å². The molecule has 2 aromatic rings. The van der Waals surface area contributed by atoms with Crippen LogP contribution >= 0.6 is 0 Å². The van der Waals surface area contributed by atoms with Gasteiger partial charge in [-0.2, -0.15) is 0 Å². The highest BCUT2D eigenvalue weighted by molar-refractivity contribution is 6.10. The minimum Gasteiger partial charge on any atom is -0.454 e. The summed E-state index contributed by atoms with van der Waals surface area (Å²) in [6.07, 6.45) is 1.85. The topological polar surface area (TPSA) is 85.4 Å². The average Bonchev–Trinajstić information content (AvgIpc) is 3.61. The average molecular weight is 479 g/mol. The summed E-state index contributed by atoms with van der Waals surface area (Å²) in [7, 11) is 0. The molecular formula is C27H30N2O6. The van der Waals surface area contributed by atoms with E-state index in [0.29, 0.717) is 36.8 Å². The molecular weight excluding hydrogens is 448 g/mol. The molecule has 3 amide bonds. The number of carbonyl (C=O) groups excluding carboxylic acids is 3. The zero-order valence-electron chi connectivity index (χ0n) is 19.9. The van der Waals surface area contributed by atoms with E-state index in [1.165, 1.54) is 4.90 Å². The second-order valence-corrected chi connectivity index (χ2v) is 9.34. The lowest BCUT2D eigenvalue weighted by molar-refractivity contribution is -0.143. The normalized spacial score (nSPS) is 23.2. The van der Waals surface area contributed by atoms with Crippen molar-refractivity contribution in [1.29, 1.82) is 0 Å². The van der Waals surface area contributed by atoms with Crippen molar-refractivity contribution in [2.75, 3.05) is 26.5 Å². The number of hydrogen-bond acceptors (Lipinski definition) is 6. The Hall–Kier alpha value is -3.39. The van der Waals surface area contributed by atoms with Gasteiger partial charge in [0.15, 0.2) is 11.5 Å². The van der Waals surface area contributed by atoms with Gasteiger partial charge in [0.1, 0.15) is 0 Å². The van der Waals surface area contributed by atoms with Gasteiger partial charge in [-0.25, -0.2) is 0 Å². The highest BCUT2D eigenvalue weighted by Gasteiger charge is 2.54. The van der Waals surface area contributed by atoms with Crippen molar-refractivity contribution in [1.82, 2.24) is 9.80 Å². The van der Waals surface area contributed by atoms with Crippen molar-refractivity contribution in [3.05, 3.63) is 59.7 Å². The molecule has 2 atom stereocenters. The first-order valence-electron chi connectivity index (χ1n) is 12.2. The van der Waals surface area contributed by atoms with Crippen molar-refractivity contribution in [2.45, 2.75) is 50.7 Å². The zero-order chi connectivity index (χ0) is 24.4. The first kappa shape index (κ1) is 23.4. The van der Waals surface area contributed by atoms with Gasteiger partial charge in [0.05, 0.1) is 18.1 Å². The van der Waals surface area contributed by atoms with Gasteiger partial charge in [-0.05, 0) is 43.0 Å². The number of rotatable bonds is 8. The predicted molar refractivity (Wildman–Crippen MR) is 127 cm³/mol. The van der Waals surface area contributed by atoms with Crippen molar-refractivity contribution in [2.24, 2.45) is 0 Å². The number of fused-ring (bicyclic) bond motifs is 1. The van der Waals surface area contributed by atoms with Crippen LogP contribution in [0, 0.1) is 0 Å². The minimum absolute atomic E-state index is 0.0231. The van der Waals surface area contributed by atoms with E-state index in [4.69, 9.17) is 14.2 Å². The van der Waals surface area contributed by atoms with Crippen LogP contribution in [0.15, 0.2) is 48.5 Å². The molecule has 2 aromatic carbocycles. The third kappa shape index (κ3) is 4.50. The molecule has 0 N–H and O–H groups in total. The molecule has 0 saturated carbocycles. The summed E-state index contributed by atoms with van der Waals surface area (Å²) in [6.45, 7) is 3.93. The zero-order valence-corrected chi connectivity index (χ0v) is 19.9. The molecule has 3 heterocycles. The molecule has 3 aliphatic rings. The quantitative estimate of drug-likeness (QED) is 0.543. The Kier molecular flexibility index (Phi) is 6.47. The van der Waals surface area contributed by atoms with E-state index >= 15 is 0 Å². The molecule has 184 valence electrons. The Balaban J connectivity index is 1.41. The number of carbonyl (C=O) groups is 3. The van der Waals surface area contributed by atoms with Crippen LogP contribution in [0.3, 0.4) is 0 Å². The molecule has 3 aliphatic heterocycles. The fourth-order valence-electron chi connectivity index (χ4n) is 5.22. The first-order valence-corrected chi connectivity index (χ1v) is 12.2. The van der Waals surface area contributed by atoms with Gasteiger partial charge in [-0.1, -0.05) is 36.4 Å². The largest absolute Gasteiger partial charge is 0.454 e. The smallest absolute Gasteiger partial charge is 0.241 e. The minimum atomic E-state index is -1.23. The summed E-state index contributed by atoms with van der Waals surface area (Å²) in [5.74, 6) is 0.471. The van der Waals surface area contributed by atoms with Crippen LogP contribution in [0.25, 0.3) is 0 Å². The lowest BCUT2D eigenvalue weighted by Crippen LogP contribution is -2.45. The maximum atomic E-state index is 13.9. The maximum absolute atomic E-state index is 13.9. The fraction of sp³-hybridized carbons (Fsp3) is 0.444. The number of nitrogens with zero attached hydrogens (tertiary/aromatic N) is 2. The van der Waals surface area contributed by atoms with Crippen LogP contribution in [0.1, 0.15) is 43.7 Å². The van der Waals surface area contributed by atoms with Crippen molar-refractivity contribution >= 4 is 17.7 Å². The van der Waals surface area contributed by atoms with Gasteiger partial charge in [0.25, 0.3) is 0 Å². The Bertz CT molecular complexity index is 1110. The Morgan fingerprint density at radius 2 is 1.91 bits per heavy atom. The van der Waals surface area contributed by atoms with E-state index in [0.717, 1.165) is 18.4 Å². The molecule has 0 radical (unpaired) electrons. The van der Waals surface area contributed by atoms with Gasteiger partial charge in [-0.3, -0.25) is 19.3 Å². The maximum Gasteiger partial charge on any atom is 0.241 e. The van der Waals surface area contributed by atoms with Crippen molar-refractivity contribution in [3.8, 4) is 11.5 Å². The molecule has 8 nitrogen and oxygen atoms in total. The van der Waals surface area contributed by atoms with Crippen LogP contribution in [-0.2, 0) is 31.1 Å². The molecule has 2 fully saturated rings. The number of ether oxygens (including phenoxy) is 3. The fourth-order valence-corrected chi connectivity index (χ4v) is 5.22. The molecule has 0 spiro atoms. The van der Waals surface area contributed by atoms with E-state index in [1.807, 2.05) is 43.3 Å². The van der Waals surface area contributed by atoms with Gasteiger partial charge in [0.2, 0.25) is 24.5 Å². The summed E-state index contributed by atoms with van der Waals surface area (Å²) in [5, 5.41) is 0. The monoisotopic (exact) mass is 478 g/mol. The molecule has 0 aromatic heterocycles. The van der Waals surface area contributed by atoms with Gasteiger partial charge >= 0.3 is 0 Å². The van der Waals surface area contributed by atoms with Crippen LogP contribution in [-0.4, -0.2) is 60.1 Å². The van der Waals surface area contributed by atoms with Crippen LogP contribution in [0.4, 0.5) is 0 Å². The second kappa shape index (κ2) is 9.70. The molecule has 5 rings (SSSR count). The third-order valence-electron chi connectivity index (χ3n) is 7.15. The van der Waals surface area contributed by atoms with Gasteiger partial charge in [-0.15, -0.1) is 0 Å². The summed E-state index contributed by atoms with van der Waals surface area (Å²) in [6, 6.07) is 14.6. The highest BCUT2D eigenvalue weighted by atomic mass is 16.7. The van der Waals surface area contributed by atoms with E-state index < -0.39 is 5.41 Å². The second-order valence-electron chi connectivity index (χ2n) is 9.34.